The molecule has 0 radical (unpaired) electrons. The summed E-state index contributed by atoms with van der Waals surface area (Å²) in [6.45, 7) is 3.12. The predicted molar refractivity (Wildman–Crippen MR) is 70.4 cm³/mol. The summed E-state index contributed by atoms with van der Waals surface area (Å²) in [5.74, 6) is -0.522. The molecule has 0 N–H and O–H groups in total. The molecule has 6 heteroatoms. The normalized spacial score (nSPS) is 11.8. The van der Waals surface area contributed by atoms with Crippen LogP contribution < -0.4 is 4.74 Å². The SMILES string of the molecule is CC(C)S(=O)(=O)CCOc1c(F)cccc1CCl. The van der Waals surface area contributed by atoms with Crippen LogP contribution in [0.25, 0.3) is 0 Å². The van der Waals surface area contributed by atoms with Crippen molar-refractivity contribution in [3.05, 3.63) is 29.6 Å². The van der Waals surface area contributed by atoms with E-state index in [0.29, 0.717) is 5.56 Å². The van der Waals surface area contributed by atoms with Gasteiger partial charge in [-0.1, -0.05) is 12.1 Å². The van der Waals surface area contributed by atoms with Crippen LogP contribution in [0.5, 0.6) is 5.75 Å². The third-order valence-corrected chi connectivity index (χ3v) is 4.99. The van der Waals surface area contributed by atoms with Crippen LogP contribution >= 0.6 is 11.6 Å². The van der Waals surface area contributed by atoms with E-state index in [4.69, 9.17) is 16.3 Å². The van der Waals surface area contributed by atoms with E-state index in [0.717, 1.165) is 0 Å². The van der Waals surface area contributed by atoms with Crippen LogP contribution in [0.15, 0.2) is 18.2 Å². The predicted octanol–water partition coefficient (Wildman–Crippen LogP) is 2.77. The smallest absolute Gasteiger partial charge is 0.165 e. The summed E-state index contributed by atoms with van der Waals surface area (Å²) in [5, 5.41) is -0.464. The van der Waals surface area contributed by atoms with Gasteiger partial charge in [-0.2, -0.15) is 0 Å². The van der Waals surface area contributed by atoms with Crippen molar-refractivity contribution < 1.29 is 17.5 Å². The minimum atomic E-state index is -3.18. The van der Waals surface area contributed by atoms with Crippen molar-refractivity contribution in [2.45, 2.75) is 25.0 Å². The number of alkyl halides is 1. The molecule has 0 unspecified atom stereocenters. The molecule has 0 aromatic heterocycles. The molecule has 1 aromatic carbocycles. The Morgan fingerprint density at radius 3 is 2.61 bits per heavy atom. The summed E-state index contributed by atoms with van der Waals surface area (Å²) in [7, 11) is -3.18. The van der Waals surface area contributed by atoms with Gasteiger partial charge in [0.05, 0.1) is 16.9 Å². The number of rotatable bonds is 6. The number of benzene rings is 1. The van der Waals surface area contributed by atoms with E-state index in [1.807, 2.05) is 0 Å². The van der Waals surface area contributed by atoms with Crippen LogP contribution in [0.1, 0.15) is 19.4 Å². The quantitative estimate of drug-likeness (QED) is 0.758. The van der Waals surface area contributed by atoms with Crippen LogP contribution in [0, 0.1) is 5.82 Å². The number of hydrogen-bond donors (Lipinski definition) is 0. The van der Waals surface area contributed by atoms with Gasteiger partial charge in [0, 0.05) is 5.56 Å². The maximum atomic E-state index is 13.5. The van der Waals surface area contributed by atoms with Gasteiger partial charge in [0.15, 0.2) is 21.4 Å². The van der Waals surface area contributed by atoms with Gasteiger partial charge in [-0.3, -0.25) is 0 Å². The first-order valence-electron chi connectivity index (χ1n) is 5.56. The van der Waals surface area contributed by atoms with Gasteiger partial charge in [-0.25, -0.2) is 12.8 Å². The number of hydrogen-bond acceptors (Lipinski definition) is 3. The maximum absolute atomic E-state index is 13.5. The third kappa shape index (κ3) is 3.85. The summed E-state index contributed by atoms with van der Waals surface area (Å²) < 4.78 is 41.8. The molecule has 0 aliphatic carbocycles. The van der Waals surface area contributed by atoms with Gasteiger partial charge in [-0.05, 0) is 19.9 Å². The first kappa shape index (κ1) is 15.2. The second kappa shape index (κ2) is 6.38. The van der Waals surface area contributed by atoms with Gasteiger partial charge in [0.25, 0.3) is 0 Å². The van der Waals surface area contributed by atoms with Gasteiger partial charge < -0.3 is 4.74 Å². The van der Waals surface area contributed by atoms with E-state index in [9.17, 15) is 12.8 Å². The van der Waals surface area contributed by atoms with Crippen molar-refractivity contribution >= 4 is 21.4 Å². The maximum Gasteiger partial charge on any atom is 0.165 e. The molecule has 0 heterocycles. The number of para-hydroxylation sites is 1. The lowest BCUT2D eigenvalue weighted by Gasteiger charge is -2.12. The van der Waals surface area contributed by atoms with Gasteiger partial charge in [0.2, 0.25) is 0 Å². The molecular formula is C12H16ClFO3S. The Kier molecular flexibility index (Phi) is 5.41. The highest BCUT2D eigenvalue weighted by atomic mass is 35.5. The number of halogens is 2. The van der Waals surface area contributed by atoms with Crippen molar-refractivity contribution in [2.75, 3.05) is 12.4 Å². The Bertz CT molecular complexity index is 500. The molecule has 0 fully saturated rings. The first-order valence-corrected chi connectivity index (χ1v) is 7.81. The highest BCUT2D eigenvalue weighted by Gasteiger charge is 2.17. The Morgan fingerprint density at radius 2 is 2.06 bits per heavy atom. The summed E-state index contributed by atoms with van der Waals surface area (Å²) in [6.07, 6.45) is 0. The summed E-state index contributed by atoms with van der Waals surface area (Å²) >= 11 is 5.66. The third-order valence-electron chi connectivity index (χ3n) is 2.52. The molecule has 3 nitrogen and oxygen atoms in total. The average Bonchev–Trinajstić information content (AvgIpc) is 2.30. The highest BCUT2D eigenvalue weighted by molar-refractivity contribution is 7.91. The standard InChI is InChI=1S/C12H16ClFO3S/c1-9(2)18(15,16)7-6-17-12-10(8-13)4-3-5-11(12)14/h3-5,9H,6-8H2,1-2H3. The molecule has 0 spiro atoms. The molecule has 18 heavy (non-hydrogen) atoms. The first-order chi connectivity index (χ1) is 8.38. The molecule has 0 amide bonds. The molecule has 1 aromatic rings. The van der Waals surface area contributed by atoms with E-state index < -0.39 is 20.9 Å². The molecular weight excluding hydrogens is 279 g/mol. The van der Waals surface area contributed by atoms with Crippen molar-refractivity contribution in [1.82, 2.24) is 0 Å². The van der Waals surface area contributed by atoms with Crippen LogP contribution in [-0.4, -0.2) is 26.0 Å². The average molecular weight is 295 g/mol. The lowest BCUT2D eigenvalue weighted by molar-refractivity contribution is 0.319. The summed E-state index contributed by atoms with van der Waals surface area (Å²) in [5.41, 5.74) is 0.513. The van der Waals surface area contributed by atoms with Gasteiger partial charge >= 0.3 is 0 Å². The van der Waals surface area contributed by atoms with Crippen LogP contribution in [0.3, 0.4) is 0 Å². The minimum Gasteiger partial charge on any atom is -0.489 e. The zero-order valence-electron chi connectivity index (χ0n) is 10.3. The van der Waals surface area contributed by atoms with E-state index in [-0.39, 0.29) is 24.0 Å². The fourth-order valence-corrected chi connectivity index (χ4v) is 2.31. The molecule has 0 aliphatic heterocycles. The van der Waals surface area contributed by atoms with Crippen LogP contribution in [-0.2, 0) is 15.7 Å². The minimum absolute atomic E-state index is 0.0338. The highest BCUT2D eigenvalue weighted by Crippen LogP contribution is 2.24. The monoisotopic (exact) mass is 294 g/mol. The van der Waals surface area contributed by atoms with Crippen LogP contribution in [0.4, 0.5) is 4.39 Å². The van der Waals surface area contributed by atoms with Crippen molar-refractivity contribution in [2.24, 2.45) is 0 Å². The molecule has 0 atom stereocenters. The molecule has 102 valence electrons. The summed E-state index contributed by atoms with van der Waals surface area (Å²) in [4.78, 5) is 0. The lowest BCUT2D eigenvalue weighted by atomic mass is 10.2. The number of ether oxygens (including phenoxy) is 1. The second-order valence-electron chi connectivity index (χ2n) is 4.13. The molecule has 0 bridgehead atoms. The Balaban J connectivity index is 2.70. The summed E-state index contributed by atoms with van der Waals surface area (Å²) in [6, 6.07) is 4.43. The van der Waals surface area contributed by atoms with Crippen LogP contribution in [0.2, 0.25) is 0 Å². The van der Waals surface area contributed by atoms with E-state index >= 15 is 0 Å². The van der Waals surface area contributed by atoms with E-state index in [1.54, 1.807) is 19.9 Å². The van der Waals surface area contributed by atoms with Gasteiger partial charge in [0.1, 0.15) is 6.61 Å². The number of sulfone groups is 1. The van der Waals surface area contributed by atoms with E-state index in [1.165, 1.54) is 12.1 Å². The Morgan fingerprint density at radius 1 is 1.39 bits per heavy atom. The topological polar surface area (TPSA) is 43.4 Å². The second-order valence-corrected chi connectivity index (χ2v) is 7.07. The van der Waals surface area contributed by atoms with E-state index in [2.05, 4.69) is 0 Å². The lowest BCUT2D eigenvalue weighted by Crippen LogP contribution is -2.22. The molecule has 0 saturated carbocycles. The fourth-order valence-electron chi connectivity index (χ4n) is 1.32. The molecule has 0 saturated heterocycles. The zero-order valence-corrected chi connectivity index (χ0v) is 11.9. The largest absolute Gasteiger partial charge is 0.489 e. The van der Waals surface area contributed by atoms with Crippen molar-refractivity contribution in [1.29, 1.82) is 0 Å². The zero-order chi connectivity index (χ0) is 13.8. The van der Waals surface area contributed by atoms with Crippen molar-refractivity contribution in [3.63, 3.8) is 0 Å². The van der Waals surface area contributed by atoms with Gasteiger partial charge in [-0.15, -0.1) is 11.6 Å². The molecule has 1 rings (SSSR count). The molecule has 0 aliphatic rings. The Hall–Kier alpha value is -0.810. The fraction of sp³-hybridized carbons (Fsp3) is 0.500. The van der Waals surface area contributed by atoms with Crippen molar-refractivity contribution in [3.8, 4) is 5.75 Å². The Labute approximate surface area is 112 Å².